The third-order valence-corrected chi connectivity index (χ3v) is 6.35. The fourth-order valence-corrected chi connectivity index (χ4v) is 4.53. The summed E-state index contributed by atoms with van der Waals surface area (Å²) in [6, 6.07) is 14.1. The first-order chi connectivity index (χ1) is 17.9. The largest absolute Gasteiger partial charge is 0.390 e. The lowest BCUT2D eigenvalue weighted by Gasteiger charge is -2.11. The van der Waals surface area contributed by atoms with Gasteiger partial charge in [-0.05, 0) is 65.6 Å². The Labute approximate surface area is 211 Å². The minimum Gasteiger partial charge on any atom is -0.390 e. The Kier molecular flexibility index (Phi) is 6.83. The molecule has 3 aromatic heterocycles. The molecular formula is C29H23F2N3O3. The zero-order valence-electron chi connectivity index (χ0n) is 19.8. The maximum absolute atomic E-state index is 13.6. The van der Waals surface area contributed by atoms with Crippen LogP contribution in [0.15, 0.2) is 77.9 Å². The first kappa shape index (κ1) is 24.4. The van der Waals surface area contributed by atoms with E-state index in [0.29, 0.717) is 17.0 Å². The molecule has 0 atom stereocenters. The molecule has 0 radical (unpaired) electrons. The Hall–Kier alpha value is -4.30. The highest BCUT2D eigenvalue weighted by molar-refractivity contribution is 5.95. The lowest BCUT2D eigenvalue weighted by Crippen LogP contribution is -2.26. The molecule has 1 aliphatic rings. The molecule has 5 rings (SSSR count). The van der Waals surface area contributed by atoms with Gasteiger partial charge >= 0.3 is 0 Å². The van der Waals surface area contributed by atoms with Crippen molar-refractivity contribution in [3.05, 3.63) is 134 Å². The molecule has 0 amide bonds. The fourth-order valence-electron chi connectivity index (χ4n) is 4.53. The number of carbonyl (C=O) groups is 1. The number of aryl methyl sites for hydroxylation is 1. The highest BCUT2D eigenvalue weighted by atomic mass is 19.2. The molecule has 1 aliphatic carbocycles. The molecule has 37 heavy (non-hydrogen) atoms. The molecule has 8 heteroatoms. The Bertz CT molecular complexity index is 1590. The number of hydrogen-bond acceptors (Lipinski definition) is 5. The number of nitrogens with zero attached hydrogens (tertiary/aromatic N) is 3. The molecule has 3 heterocycles. The molecular weight excluding hydrogens is 476 g/mol. The van der Waals surface area contributed by atoms with Gasteiger partial charge in [-0.2, -0.15) is 0 Å². The highest BCUT2D eigenvalue weighted by Crippen LogP contribution is 2.32. The van der Waals surface area contributed by atoms with Gasteiger partial charge < -0.3 is 9.67 Å². The standard InChI is InChI=1S/C29H23F2N3O3/c30-25-8-5-18(13-26(25)31)16-34-12-2-4-24(29(34)37)28(36)10-6-20-14-19(15-21(17-35)33-20)22-7-9-27-23(22)3-1-11-32-27/h1-5,7-8,11-15,35H,6,9-10,16-17H2. The van der Waals surface area contributed by atoms with Crippen molar-refractivity contribution in [2.24, 2.45) is 0 Å². The van der Waals surface area contributed by atoms with E-state index in [1.54, 1.807) is 12.3 Å². The van der Waals surface area contributed by atoms with Gasteiger partial charge in [0.05, 0.1) is 30.1 Å². The van der Waals surface area contributed by atoms with Crippen LogP contribution in [0.3, 0.4) is 0 Å². The van der Waals surface area contributed by atoms with Gasteiger partial charge in [0.1, 0.15) is 0 Å². The number of hydrogen-bond donors (Lipinski definition) is 1. The van der Waals surface area contributed by atoms with Gasteiger partial charge in [0.15, 0.2) is 17.4 Å². The molecule has 186 valence electrons. The second-order valence-corrected chi connectivity index (χ2v) is 8.84. The number of ketones is 1. The number of carbonyl (C=O) groups excluding carboxylic acids is 1. The molecule has 0 saturated heterocycles. The number of allylic oxidation sites excluding steroid dienone is 1. The highest BCUT2D eigenvalue weighted by Gasteiger charge is 2.19. The monoisotopic (exact) mass is 499 g/mol. The molecule has 0 fully saturated rings. The Morgan fingerprint density at radius 3 is 2.68 bits per heavy atom. The van der Waals surface area contributed by atoms with Gasteiger partial charge in [0.2, 0.25) is 0 Å². The van der Waals surface area contributed by atoms with E-state index in [-0.39, 0.29) is 37.3 Å². The first-order valence-corrected chi connectivity index (χ1v) is 11.8. The van der Waals surface area contributed by atoms with Gasteiger partial charge in [-0.15, -0.1) is 0 Å². The number of benzene rings is 1. The molecule has 6 nitrogen and oxygen atoms in total. The number of fused-ring (bicyclic) bond motifs is 1. The molecule has 4 aromatic rings. The normalized spacial score (nSPS) is 12.4. The summed E-state index contributed by atoms with van der Waals surface area (Å²) < 4.78 is 28.1. The first-order valence-electron chi connectivity index (χ1n) is 11.8. The second-order valence-electron chi connectivity index (χ2n) is 8.84. The Morgan fingerprint density at radius 1 is 1.03 bits per heavy atom. The van der Waals surface area contributed by atoms with Crippen molar-refractivity contribution >= 4 is 11.4 Å². The topological polar surface area (TPSA) is 85.1 Å². The van der Waals surface area contributed by atoms with E-state index in [1.165, 1.54) is 22.9 Å². The zero-order valence-corrected chi connectivity index (χ0v) is 19.8. The van der Waals surface area contributed by atoms with Crippen LogP contribution >= 0.6 is 0 Å². The number of pyridine rings is 3. The lowest BCUT2D eigenvalue weighted by molar-refractivity contribution is 0.0980. The lowest BCUT2D eigenvalue weighted by atomic mass is 9.99. The maximum atomic E-state index is 13.6. The van der Waals surface area contributed by atoms with Crippen molar-refractivity contribution in [3.63, 3.8) is 0 Å². The van der Waals surface area contributed by atoms with Crippen molar-refractivity contribution in [2.75, 3.05) is 0 Å². The number of halogens is 2. The van der Waals surface area contributed by atoms with Crippen LogP contribution in [0.2, 0.25) is 0 Å². The van der Waals surface area contributed by atoms with E-state index in [0.717, 1.165) is 40.9 Å². The smallest absolute Gasteiger partial charge is 0.261 e. The van der Waals surface area contributed by atoms with Crippen molar-refractivity contribution < 1.29 is 18.7 Å². The number of aliphatic hydroxyl groups is 1. The summed E-state index contributed by atoms with van der Waals surface area (Å²) in [7, 11) is 0. The second kappa shape index (κ2) is 10.4. The van der Waals surface area contributed by atoms with Crippen LogP contribution in [0.25, 0.3) is 5.57 Å². The van der Waals surface area contributed by atoms with Crippen molar-refractivity contribution in [1.29, 1.82) is 0 Å². The summed E-state index contributed by atoms with van der Waals surface area (Å²) in [4.78, 5) is 34.8. The van der Waals surface area contributed by atoms with Gasteiger partial charge in [-0.3, -0.25) is 19.6 Å². The third-order valence-electron chi connectivity index (χ3n) is 6.35. The van der Waals surface area contributed by atoms with Crippen LogP contribution in [0, 0.1) is 11.6 Å². The summed E-state index contributed by atoms with van der Waals surface area (Å²) in [6.45, 7) is -0.235. The van der Waals surface area contributed by atoms with E-state index in [1.807, 2.05) is 24.3 Å². The summed E-state index contributed by atoms with van der Waals surface area (Å²) in [5.74, 6) is -2.31. The average Bonchev–Trinajstić information content (AvgIpc) is 3.35. The van der Waals surface area contributed by atoms with E-state index in [9.17, 15) is 23.5 Å². The van der Waals surface area contributed by atoms with Crippen LogP contribution in [-0.2, 0) is 26.0 Å². The maximum Gasteiger partial charge on any atom is 0.261 e. The predicted molar refractivity (Wildman–Crippen MR) is 134 cm³/mol. The average molecular weight is 500 g/mol. The summed E-state index contributed by atoms with van der Waals surface area (Å²) in [6.07, 6.45) is 6.39. The molecule has 0 aliphatic heterocycles. The molecule has 1 aromatic carbocycles. The quantitative estimate of drug-likeness (QED) is 0.366. The van der Waals surface area contributed by atoms with Crippen LogP contribution in [0.1, 0.15) is 50.6 Å². The van der Waals surface area contributed by atoms with Gasteiger partial charge in [0.25, 0.3) is 5.56 Å². The van der Waals surface area contributed by atoms with Crippen molar-refractivity contribution in [2.45, 2.75) is 32.4 Å². The van der Waals surface area contributed by atoms with Crippen molar-refractivity contribution in [3.8, 4) is 0 Å². The van der Waals surface area contributed by atoms with Gasteiger partial charge in [-0.1, -0.05) is 18.2 Å². The predicted octanol–water partition coefficient (Wildman–Crippen LogP) is 4.26. The SMILES string of the molecule is O=C(CCc1cc(C2=CCc3ncccc32)cc(CO)n1)c1cccn(Cc2ccc(F)c(F)c2)c1=O. The molecule has 0 spiro atoms. The van der Waals surface area contributed by atoms with Crippen molar-refractivity contribution in [1.82, 2.24) is 14.5 Å². The zero-order chi connectivity index (χ0) is 25.9. The molecule has 0 bridgehead atoms. The van der Waals surface area contributed by atoms with Crippen LogP contribution in [0.5, 0.6) is 0 Å². The third kappa shape index (κ3) is 5.15. The van der Waals surface area contributed by atoms with E-state index >= 15 is 0 Å². The Balaban J connectivity index is 1.34. The minimum atomic E-state index is -0.997. The molecule has 0 unspecified atom stereocenters. The van der Waals surface area contributed by atoms with Crippen LogP contribution in [0.4, 0.5) is 8.78 Å². The van der Waals surface area contributed by atoms with E-state index in [4.69, 9.17) is 0 Å². The van der Waals surface area contributed by atoms with Gasteiger partial charge in [-0.25, -0.2) is 8.78 Å². The van der Waals surface area contributed by atoms with Gasteiger partial charge in [0, 0.05) is 36.5 Å². The fraction of sp³-hybridized carbons (Fsp3) is 0.172. The summed E-state index contributed by atoms with van der Waals surface area (Å²) in [5.41, 5.74) is 4.96. The summed E-state index contributed by atoms with van der Waals surface area (Å²) in [5, 5.41) is 9.75. The summed E-state index contributed by atoms with van der Waals surface area (Å²) >= 11 is 0. The number of aliphatic hydroxyl groups excluding tert-OH is 1. The van der Waals surface area contributed by atoms with E-state index in [2.05, 4.69) is 16.0 Å². The minimum absolute atomic E-state index is 0.00601. The van der Waals surface area contributed by atoms with Crippen LogP contribution in [-0.4, -0.2) is 25.4 Å². The molecule has 0 saturated carbocycles. The number of Topliss-reactive ketones (excluding diaryl/α,β-unsaturated/α-hetero) is 1. The van der Waals surface area contributed by atoms with E-state index < -0.39 is 17.2 Å². The van der Waals surface area contributed by atoms with Crippen LogP contribution < -0.4 is 5.56 Å². The number of aromatic nitrogens is 3. The Morgan fingerprint density at radius 2 is 1.86 bits per heavy atom. The number of rotatable bonds is 8. The molecule has 1 N–H and O–H groups in total.